The van der Waals surface area contributed by atoms with Gasteiger partial charge in [0, 0.05) is 0 Å². The molecule has 0 unspecified atom stereocenters. The Kier molecular flexibility index (Phi) is 6.28. The molecule has 0 aliphatic heterocycles. The van der Waals surface area contributed by atoms with Crippen molar-refractivity contribution in [1.82, 2.24) is 19.7 Å². The van der Waals surface area contributed by atoms with Crippen LogP contribution in [0.2, 0.25) is 5.28 Å². The first kappa shape index (κ1) is 23.8. The summed E-state index contributed by atoms with van der Waals surface area (Å²) in [6.45, 7) is 0. The van der Waals surface area contributed by atoms with Crippen molar-refractivity contribution in [3.63, 3.8) is 0 Å². The molecular formula is C32H22ClFN4. The number of hydrogen-bond donors (Lipinski definition) is 0. The Labute approximate surface area is 224 Å². The molecule has 0 aliphatic carbocycles. The van der Waals surface area contributed by atoms with Crippen LogP contribution < -0.4 is 0 Å². The monoisotopic (exact) mass is 516 g/mol. The van der Waals surface area contributed by atoms with Crippen LogP contribution in [0, 0.1) is 5.82 Å². The Morgan fingerprint density at radius 1 is 0.684 bits per heavy atom. The average molecular weight is 517 g/mol. The molecule has 4 aromatic carbocycles. The molecular weight excluding hydrogens is 495 g/mol. The van der Waals surface area contributed by atoms with Crippen LogP contribution in [0.15, 0.2) is 121 Å². The summed E-state index contributed by atoms with van der Waals surface area (Å²) >= 11 is 6.27. The van der Waals surface area contributed by atoms with Gasteiger partial charge in [0.2, 0.25) is 5.28 Å². The van der Waals surface area contributed by atoms with Gasteiger partial charge in [-0.3, -0.25) is 0 Å². The predicted molar refractivity (Wildman–Crippen MR) is 150 cm³/mol. The number of hydrogen-bond acceptors (Lipinski definition) is 3. The Morgan fingerprint density at radius 2 is 1.21 bits per heavy atom. The van der Waals surface area contributed by atoms with E-state index in [0.29, 0.717) is 11.2 Å². The lowest BCUT2D eigenvalue weighted by Crippen LogP contribution is -2.38. The number of aromatic nitrogens is 4. The molecule has 0 fully saturated rings. The third-order valence-corrected chi connectivity index (χ3v) is 6.80. The van der Waals surface area contributed by atoms with Crippen LogP contribution in [0.25, 0.3) is 23.2 Å². The second-order valence-corrected chi connectivity index (χ2v) is 9.20. The molecule has 0 N–H and O–H groups in total. The van der Waals surface area contributed by atoms with Crippen LogP contribution in [0.3, 0.4) is 0 Å². The quantitative estimate of drug-likeness (QED) is 0.169. The third-order valence-electron chi connectivity index (χ3n) is 6.61. The van der Waals surface area contributed by atoms with Crippen molar-refractivity contribution in [2.24, 2.45) is 0 Å². The van der Waals surface area contributed by atoms with E-state index >= 15 is 0 Å². The molecule has 0 bridgehead atoms. The molecule has 6 aromatic rings. The minimum absolute atomic E-state index is 0.137. The van der Waals surface area contributed by atoms with E-state index in [9.17, 15) is 4.39 Å². The summed E-state index contributed by atoms with van der Waals surface area (Å²) < 4.78 is 15.4. The maximum atomic E-state index is 13.4. The first-order chi connectivity index (χ1) is 18.7. The fourth-order valence-corrected chi connectivity index (χ4v) is 5.06. The Bertz CT molecular complexity index is 1620. The molecule has 0 saturated carbocycles. The standard InChI is InChI=1S/C32H22ClFN4/c33-31-35-22-29-30(36-31)28(21-18-23-16-19-27(34)20-17-23)37-38(29)32(24-10-4-1-5-11-24,25-12-6-2-7-13-25)26-14-8-3-9-15-26/h1-22H/b21-18+. The zero-order valence-electron chi connectivity index (χ0n) is 20.2. The number of rotatable bonds is 6. The lowest BCUT2D eigenvalue weighted by atomic mass is 9.77. The van der Waals surface area contributed by atoms with Crippen molar-refractivity contribution in [2.75, 3.05) is 0 Å². The van der Waals surface area contributed by atoms with Gasteiger partial charge in [-0.1, -0.05) is 109 Å². The zero-order chi connectivity index (χ0) is 26.0. The molecule has 0 radical (unpaired) electrons. The van der Waals surface area contributed by atoms with Crippen molar-refractivity contribution in [3.8, 4) is 0 Å². The number of halogens is 2. The Hall–Kier alpha value is -4.61. The molecule has 0 atom stereocenters. The minimum Gasteiger partial charge on any atom is -0.241 e. The summed E-state index contributed by atoms with van der Waals surface area (Å²) in [5.74, 6) is -0.283. The smallest absolute Gasteiger partial charge is 0.223 e. The van der Waals surface area contributed by atoms with Gasteiger partial charge < -0.3 is 0 Å². The first-order valence-electron chi connectivity index (χ1n) is 12.2. The fraction of sp³-hybridized carbons (Fsp3) is 0.0312. The molecule has 2 aromatic heterocycles. The molecule has 6 heteroatoms. The lowest BCUT2D eigenvalue weighted by Gasteiger charge is -2.36. The van der Waals surface area contributed by atoms with Crippen molar-refractivity contribution in [1.29, 1.82) is 0 Å². The molecule has 4 nitrogen and oxygen atoms in total. The summed E-state index contributed by atoms with van der Waals surface area (Å²) in [6.07, 6.45) is 5.48. The highest BCUT2D eigenvalue weighted by molar-refractivity contribution is 6.28. The average Bonchev–Trinajstić information content (AvgIpc) is 3.32. The van der Waals surface area contributed by atoms with E-state index in [0.717, 1.165) is 27.8 Å². The van der Waals surface area contributed by atoms with Gasteiger partial charge in [0.25, 0.3) is 0 Å². The summed E-state index contributed by atoms with van der Waals surface area (Å²) in [5.41, 5.74) is 5.08. The SMILES string of the molecule is Fc1ccc(/C=C/c2nn(C(c3ccccc3)(c3ccccc3)c3ccccc3)c3cnc(Cl)nc23)cc1. The van der Waals surface area contributed by atoms with Gasteiger partial charge in [0.05, 0.1) is 6.20 Å². The van der Waals surface area contributed by atoms with Crippen LogP contribution in [0.1, 0.15) is 27.9 Å². The van der Waals surface area contributed by atoms with Gasteiger partial charge >= 0.3 is 0 Å². The fourth-order valence-electron chi connectivity index (χ4n) is 4.93. The molecule has 2 heterocycles. The molecule has 0 spiro atoms. The van der Waals surface area contributed by atoms with Gasteiger partial charge in [-0.2, -0.15) is 5.10 Å². The van der Waals surface area contributed by atoms with Gasteiger partial charge in [-0.05, 0) is 52.1 Å². The van der Waals surface area contributed by atoms with E-state index in [1.54, 1.807) is 18.3 Å². The molecule has 0 aliphatic rings. The topological polar surface area (TPSA) is 43.6 Å². The number of benzene rings is 4. The maximum absolute atomic E-state index is 13.4. The highest BCUT2D eigenvalue weighted by Crippen LogP contribution is 2.42. The van der Waals surface area contributed by atoms with E-state index < -0.39 is 5.54 Å². The highest BCUT2D eigenvalue weighted by atomic mass is 35.5. The molecule has 0 saturated heterocycles. The van der Waals surface area contributed by atoms with Crippen molar-refractivity contribution >= 4 is 34.8 Å². The van der Waals surface area contributed by atoms with Crippen molar-refractivity contribution in [2.45, 2.75) is 5.54 Å². The van der Waals surface area contributed by atoms with Gasteiger partial charge in [-0.25, -0.2) is 19.0 Å². The van der Waals surface area contributed by atoms with Crippen LogP contribution >= 0.6 is 11.6 Å². The van der Waals surface area contributed by atoms with Crippen LogP contribution in [-0.4, -0.2) is 19.7 Å². The van der Waals surface area contributed by atoms with E-state index in [1.807, 2.05) is 71.4 Å². The second-order valence-electron chi connectivity index (χ2n) is 8.86. The normalized spacial score (nSPS) is 11.8. The van der Waals surface area contributed by atoms with Crippen molar-refractivity contribution in [3.05, 3.63) is 161 Å². The molecule has 38 heavy (non-hydrogen) atoms. The summed E-state index contributed by atoms with van der Waals surface area (Å²) in [4.78, 5) is 8.91. The van der Waals surface area contributed by atoms with Gasteiger partial charge in [-0.15, -0.1) is 0 Å². The van der Waals surface area contributed by atoms with Crippen LogP contribution in [0.5, 0.6) is 0 Å². The highest BCUT2D eigenvalue weighted by Gasteiger charge is 2.41. The van der Waals surface area contributed by atoms with Gasteiger partial charge in [0.15, 0.2) is 0 Å². The first-order valence-corrected chi connectivity index (χ1v) is 12.6. The van der Waals surface area contributed by atoms with E-state index in [-0.39, 0.29) is 11.1 Å². The molecule has 184 valence electrons. The second kappa shape index (κ2) is 10.0. The van der Waals surface area contributed by atoms with E-state index in [2.05, 4.69) is 46.4 Å². The maximum Gasteiger partial charge on any atom is 0.223 e. The summed E-state index contributed by atoms with van der Waals surface area (Å²) in [5, 5.41) is 5.30. The number of nitrogens with zero attached hydrogens (tertiary/aromatic N) is 4. The molecule has 0 amide bonds. The molecule has 6 rings (SSSR count). The van der Waals surface area contributed by atoms with E-state index in [4.69, 9.17) is 16.7 Å². The van der Waals surface area contributed by atoms with Crippen LogP contribution in [-0.2, 0) is 5.54 Å². The van der Waals surface area contributed by atoms with E-state index in [1.165, 1.54) is 12.1 Å². The minimum atomic E-state index is -0.832. The predicted octanol–water partition coefficient (Wildman–Crippen LogP) is 7.63. The Balaban J connectivity index is 1.69. The van der Waals surface area contributed by atoms with Crippen molar-refractivity contribution < 1.29 is 4.39 Å². The number of fused-ring (bicyclic) bond motifs is 1. The van der Waals surface area contributed by atoms with Gasteiger partial charge in [0.1, 0.15) is 28.1 Å². The zero-order valence-corrected chi connectivity index (χ0v) is 21.0. The van der Waals surface area contributed by atoms with Crippen LogP contribution in [0.4, 0.5) is 4.39 Å². The lowest BCUT2D eigenvalue weighted by molar-refractivity contribution is 0.474. The summed E-state index contributed by atoms with van der Waals surface area (Å²) in [6, 6.07) is 37.2. The summed E-state index contributed by atoms with van der Waals surface area (Å²) in [7, 11) is 0. The largest absolute Gasteiger partial charge is 0.241 e. The third kappa shape index (κ3) is 4.17. The Morgan fingerprint density at radius 3 is 1.74 bits per heavy atom.